The summed E-state index contributed by atoms with van der Waals surface area (Å²) in [4.78, 5) is 0. The summed E-state index contributed by atoms with van der Waals surface area (Å²) in [5.41, 5.74) is 2.15. The van der Waals surface area contributed by atoms with Crippen molar-refractivity contribution >= 4 is 5.69 Å². The monoisotopic (exact) mass is 260 g/mol. The van der Waals surface area contributed by atoms with Crippen LogP contribution in [0.25, 0.3) is 11.4 Å². The number of benzene rings is 1. The lowest BCUT2D eigenvalue weighted by molar-refractivity contribution is 0.435. The van der Waals surface area contributed by atoms with Crippen molar-refractivity contribution in [3.05, 3.63) is 24.3 Å². The molecule has 1 aromatic carbocycles. The van der Waals surface area contributed by atoms with E-state index in [0.717, 1.165) is 24.3 Å². The molecule has 102 valence electrons. The maximum absolute atomic E-state index is 3.97. The van der Waals surface area contributed by atoms with Gasteiger partial charge in [-0.1, -0.05) is 12.1 Å². The smallest absolute Gasteiger partial charge is 0.204 e. The molecule has 0 aliphatic carbocycles. The number of rotatable bonds is 5. The highest BCUT2D eigenvalue weighted by molar-refractivity contribution is 5.61. The molecule has 2 rings (SSSR count). The molecule has 1 aromatic heterocycles. The molecule has 0 aliphatic rings. The number of H-pyrrole nitrogens is 1. The average Bonchev–Trinajstić information content (AvgIpc) is 2.88. The normalized spacial score (nSPS) is 11.5. The van der Waals surface area contributed by atoms with Gasteiger partial charge < -0.3 is 10.6 Å². The van der Waals surface area contributed by atoms with E-state index in [-0.39, 0.29) is 5.54 Å². The highest BCUT2D eigenvalue weighted by Gasteiger charge is 2.07. The van der Waals surface area contributed by atoms with Crippen molar-refractivity contribution in [3.8, 4) is 11.4 Å². The maximum atomic E-state index is 3.97. The first kappa shape index (κ1) is 13.5. The molecule has 0 amide bonds. The molecule has 6 heteroatoms. The van der Waals surface area contributed by atoms with E-state index in [9.17, 15) is 0 Å². The van der Waals surface area contributed by atoms with E-state index in [1.807, 2.05) is 24.3 Å². The summed E-state index contributed by atoms with van der Waals surface area (Å²) in [6, 6.07) is 7.98. The molecule has 0 unspecified atom stereocenters. The Hall–Kier alpha value is -1.95. The van der Waals surface area contributed by atoms with Gasteiger partial charge in [-0.05, 0) is 38.1 Å². The van der Waals surface area contributed by atoms with E-state index in [1.54, 1.807) is 0 Å². The number of aromatic amines is 1. The first-order valence-corrected chi connectivity index (χ1v) is 6.37. The molecule has 19 heavy (non-hydrogen) atoms. The fraction of sp³-hybridized carbons (Fsp3) is 0.462. The quantitative estimate of drug-likeness (QED) is 0.713. The highest BCUT2D eigenvalue weighted by Crippen LogP contribution is 2.17. The van der Waals surface area contributed by atoms with E-state index in [0.29, 0.717) is 5.82 Å². The summed E-state index contributed by atoms with van der Waals surface area (Å²) < 4.78 is 0. The summed E-state index contributed by atoms with van der Waals surface area (Å²) in [7, 11) is 0. The van der Waals surface area contributed by atoms with Crippen LogP contribution < -0.4 is 10.6 Å². The fourth-order valence-corrected chi connectivity index (χ4v) is 1.70. The van der Waals surface area contributed by atoms with Gasteiger partial charge in [0.25, 0.3) is 0 Å². The zero-order valence-corrected chi connectivity index (χ0v) is 11.6. The standard InChI is InChI=1S/C13H20N6/c1-13(2,3)15-8-7-14-11-6-4-5-10(9-11)12-16-18-19-17-12/h4-6,9,14-15H,7-8H2,1-3H3,(H,16,17,18,19). The lowest BCUT2D eigenvalue weighted by Crippen LogP contribution is -2.38. The highest BCUT2D eigenvalue weighted by atomic mass is 15.5. The van der Waals surface area contributed by atoms with Gasteiger partial charge in [0.05, 0.1) is 0 Å². The molecule has 0 bridgehead atoms. The van der Waals surface area contributed by atoms with Gasteiger partial charge in [0.1, 0.15) is 0 Å². The molecule has 6 nitrogen and oxygen atoms in total. The Morgan fingerprint density at radius 1 is 1.21 bits per heavy atom. The predicted molar refractivity (Wildman–Crippen MR) is 75.9 cm³/mol. The number of hydrogen-bond acceptors (Lipinski definition) is 5. The first-order chi connectivity index (χ1) is 9.04. The molecular formula is C13H20N6. The summed E-state index contributed by atoms with van der Waals surface area (Å²) in [6.07, 6.45) is 0. The van der Waals surface area contributed by atoms with E-state index < -0.39 is 0 Å². The Balaban J connectivity index is 1.89. The average molecular weight is 260 g/mol. The third-order valence-corrected chi connectivity index (χ3v) is 2.58. The van der Waals surface area contributed by atoms with Gasteiger partial charge in [-0.25, -0.2) is 0 Å². The van der Waals surface area contributed by atoms with Gasteiger partial charge in [-0.3, -0.25) is 0 Å². The first-order valence-electron chi connectivity index (χ1n) is 6.37. The van der Waals surface area contributed by atoms with Crippen molar-refractivity contribution in [2.24, 2.45) is 0 Å². The molecule has 0 fully saturated rings. The van der Waals surface area contributed by atoms with Crippen LogP contribution in [0.5, 0.6) is 0 Å². The molecule has 0 atom stereocenters. The predicted octanol–water partition coefficient (Wildman–Crippen LogP) is 1.67. The van der Waals surface area contributed by atoms with Crippen LogP contribution in [0.2, 0.25) is 0 Å². The Kier molecular flexibility index (Phi) is 4.11. The van der Waals surface area contributed by atoms with Gasteiger partial charge in [0, 0.05) is 29.9 Å². The zero-order valence-electron chi connectivity index (χ0n) is 11.6. The summed E-state index contributed by atoms with van der Waals surface area (Å²) in [5.74, 6) is 0.608. The van der Waals surface area contributed by atoms with Crippen LogP contribution in [0.3, 0.4) is 0 Å². The van der Waals surface area contributed by atoms with E-state index in [4.69, 9.17) is 0 Å². The molecule has 0 radical (unpaired) electrons. The van der Waals surface area contributed by atoms with E-state index in [1.165, 1.54) is 0 Å². The Bertz CT molecular complexity index is 500. The summed E-state index contributed by atoms with van der Waals surface area (Å²) >= 11 is 0. The van der Waals surface area contributed by atoms with Gasteiger partial charge in [-0.15, -0.1) is 10.2 Å². The molecule has 3 N–H and O–H groups in total. The van der Waals surface area contributed by atoms with Gasteiger partial charge in [-0.2, -0.15) is 5.21 Å². The largest absolute Gasteiger partial charge is 0.384 e. The van der Waals surface area contributed by atoms with Crippen LogP contribution in [0.1, 0.15) is 20.8 Å². The van der Waals surface area contributed by atoms with Crippen LogP contribution in [0.4, 0.5) is 5.69 Å². The molecule has 0 aliphatic heterocycles. The summed E-state index contributed by atoms with van der Waals surface area (Å²) in [5, 5.41) is 20.8. The van der Waals surface area contributed by atoms with Crippen molar-refractivity contribution in [3.63, 3.8) is 0 Å². The van der Waals surface area contributed by atoms with Crippen LogP contribution >= 0.6 is 0 Å². The Morgan fingerprint density at radius 3 is 2.74 bits per heavy atom. The Labute approximate surface area is 113 Å². The molecule has 0 spiro atoms. The topological polar surface area (TPSA) is 78.5 Å². The number of hydrogen-bond donors (Lipinski definition) is 3. The van der Waals surface area contributed by atoms with Crippen LogP contribution in [0, 0.1) is 0 Å². The van der Waals surface area contributed by atoms with E-state index in [2.05, 4.69) is 52.0 Å². The number of nitrogens with zero attached hydrogens (tertiary/aromatic N) is 3. The number of tetrazole rings is 1. The lowest BCUT2D eigenvalue weighted by Gasteiger charge is -2.20. The Morgan fingerprint density at radius 2 is 2.05 bits per heavy atom. The van der Waals surface area contributed by atoms with Crippen molar-refractivity contribution in [1.29, 1.82) is 0 Å². The molecule has 0 saturated carbocycles. The van der Waals surface area contributed by atoms with Crippen molar-refractivity contribution in [1.82, 2.24) is 25.9 Å². The second-order valence-electron chi connectivity index (χ2n) is 5.42. The minimum atomic E-state index is 0.147. The number of anilines is 1. The lowest BCUT2D eigenvalue weighted by atomic mass is 10.1. The second-order valence-corrected chi connectivity index (χ2v) is 5.42. The zero-order chi connectivity index (χ0) is 13.7. The number of nitrogens with one attached hydrogen (secondary N) is 3. The minimum absolute atomic E-state index is 0.147. The maximum Gasteiger partial charge on any atom is 0.204 e. The third kappa shape index (κ3) is 4.33. The molecule has 2 aromatic rings. The third-order valence-electron chi connectivity index (χ3n) is 2.58. The van der Waals surface area contributed by atoms with Crippen LogP contribution in [0.15, 0.2) is 24.3 Å². The molecule has 0 saturated heterocycles. The minimum Gasteiger partial charge on any atom is -0.384 e. The van der Waals surface area contributed by atoms with Gasteiger partial charge in [0.15, 0.2) is 0 Å². The molecule has 1 heterocycles. The van der Waals surface area contributed by atoms with E-state index >= 15 is 0 Å². The number of aromatic nitrogens is 4. The van der Waals surface area contributed by atoms with Gasteiger partial charge in [0.2, 0.25) is 5.82 Å². The van der Waals surface area contributed by atoms with Crippen molar-refractivity contribution in [2.45, 2.75) is 26.3 Å². The fourth-order valence-electron chi connectivity index (χ4n) is 1.70. The van der Waals surface area contributed by atoms with Gasteiger partial charge >= 0.3 is 0 Å². The van der Waals surface area contributed by atoms with Crippen LogP contribution in [-0.2, 0) is 0 Å². The van der Waals surface area contributed by atoms with Crippen LogP contribution in [-0.4, -0.2) is 39.3 Å². The van der Waals surface area contributed by atoms with Crippen molar-refractivity contribution < 1.29 is 0 Å². The summed E-state index contributed by atoms with van der Waals surface area (Å²) in [6.45, 7) is 8.25. The second kappa shape index (κ2) is 5.79. The SMILES string of the molecule is CC(C)(C)NCCNc1cccc(-c2nn[nH]n2)c1. The van der Waals surface area contributed by atoms with Crippen molar-refractivity contribution in [2.75, 3.05) is 18.4 Å². The molecular weight excluding hydrogens is 240 g/mol.